The number of pyridine rings is 1. The molecule has 20 heavy (non-hydrogen) atoms. The van der Waals surface area contributed by atoms with Gasteiger partial charge in [-0.15, -0.1) is 0 Å². The van der Waals surface area contributed by atoms with Crippen LogP contribution < -0.4 is 20.7 Å². The lowest BCUT2D eigenvalue weighted by molar-refractivity contribution is 0.576. The van der Waals surface area contributed by atoms with Crippen LogP contribution in [-0.2, 0) is 20.0 Å². The largest absolute Gasteiger partial charge is 0.307 e. The minimum Gasteiger partial charge on any atom is -0.307 e. The Labute approximate surface area is 118 Å². The predicted octanol–water partition coefficient (Wildman–Crippen LogP) is -1.42. The fourth-order valence-corrected chi connectivity index (χ4v) is 3.63. The highest BCUT2D eigenvalue weighted by Gasteiger charge is 2.19. The highest BCUT2D eigenvalue weighted by Crippen LogP contribution is 2.16. The van der Waals surface area contributed by atoms with E-state index >= 15 is 0 Å². The Kier molecular flexibility index (Phi) is 5.83. The predicted molar refractivity (Wildman–Crippen MR) is 74.7 cm³/mol. The van der Waals surface area contributed by atoms with Gasteiger partial charge in [0.1, 0.15) is 4.90 Å². The molecule has 0 aliphatic rings. The standard InChI is InChI=1S/C9H17N5O4S2/c1-2-12-19(15,16)7-6-13-20(17,18)8-4-3-5-11-9(8)14-10/h3-5,12-13H,2,6-7,10H2,1H3,(H,11,14). The summed E-state index contributed by atoms with van der Waals surface area (Å²) < 4.78 is 51.2. The molecule has 0 radical (unpaired) electrons. The molecule has 1 heterocycles. The number of nitrogens with zero attached hydrogens (tertiary/aromatic N) is 1. The maximum atomic E-state index is 12.0. The summed E-state index contributed by atoms with van der Waals surface area (Å²) in [4.78, 5) is 3.61. The van der Waals surface area contributed by atoms with E-state index in [0.717, 1.165) is 0 Å². The highest BCUT2D eigenvalue weighted by molar-refractivity contribution is 7.90. The third-order valence-corrected chi connectivity index (χ3v) is 5.19. The Balaban J connectivity index is 2.77. The minimum absolute atomic E-state index is 0.0189. The Bertz CT molecular complexity index is 644. The Morgan fingerprint density at radius 1 is 1.25 bits per heavy atom. The van der Waals surface area contributed by atoms with E-state index in [1.165, 1.54) is 18.3 Å². The van der Waals surface area contributed by atoms with E-state index in [-0.39, 0.29) is 29.6 Å². The average Bonchev–Trinajstić information content (AvgIpc) is 2.38. The SMILES string of the molecule is CCNS(=O)(=O)CCNS(=O)(=O)c1cccnc1NN. The first-order valence-corrected chi connectivity index (χ1v) is 8.84. The van der Waals surface area contributed by atoms with Crippen molar-refractivity contribution in [2.75, 3.05) is 24.3 Å². The van der Waals surface area contributed by atoms with Crippen LogP contribution in [0.15, 0.2) is 23.2 Å². The molecule has 114 valence electrons. The summed E-state index contributed by atoms with van der Waals surface area (Å²) in [6.45, 7) is 1.63. The van der Waals surface area contributed by atoms with E-state index in [9.17, 15) is 16.8 Å². The highest BCUT2D eigenvalue weighted by atomic mass is 32.2. The summed E-state index contributed by atoms with van der Waals surface area (Å²) in [6, 6.07) is 2.74. The first-order chi connectivity index (χ1) is 9.32. The smallest absolute Gasteiger partial charge is 0.244 e. The van der Waals surface area contributed by atoms with Crippen LogP contribution in [0.3, 0.4) is 0 Å². The van der Waals surface area contributed by atoms with Crippen LogP contribution in [-0.4, -0.2) is 40.7 Å². The van der Waals surface area contributed by atoms with E-state index in [1.54, 1.807) is 6.92 Å². The van der Waals surface area contributed by atoms with E-state index in [1.807, 2.05) is 0 Å². The fraction of sp³-hybridized carbons (Fsp3) is 0.444. The Morgan fingerprint density at radius 3 is 2.55 bits per heavy atom. The van der Waals surface area contributed by atoms with Crippen LogP contribution in [0.5, 0.6) is 0 Å². The summed E-state index contributed by atoms with van der Waals surface area (Å²) in [5, 5.41) is 0. The molecule has 9 nitrogen and oxygen atoms in total. The number of anilines is 1. The second-order valence-electron chi connectivity index (χ2n) is 3.71. The molecule has 0 saturated carbocycles. The molecule has 1 rings (SSSR count). The lowest BCUT2D eigenvalue weighted by Crippen LogP contribution is -2.34. The number of aromatic nitrogens is 1. The van der Waals surface area contributed by atoms with Gasteiger partial charge in [-0.25, -0.2) is 37.1 Å². The van der Waals surface area contributed by atoms with Crippen molar-refractivity contribution < 1.29 is 16.8 Å². The van der Waals surface area contributed by atoms with Gasteiger partial charge < -0.3 is 5.43 Å². The third-order valence-electron chi connectivity index (χ3n) is 2.22. The molecule has 1 aromatic rings. The summed E-state index contributed by atoms with van der Waals surface area (Å²) in [5.41, 5.74) is 2.17. The van der Waals surface area contributed by atoms with Crippen LogP contribution in [0.25, 0.3) is 0 Å². The number of nitrogens with two attached hydrogens (primary N) is 1. The third kappa shape index (κ3) is 4.68. The molecule has 5 N–H and O–H groups in total. The molecule has 1 aromatic heterocycles. The van der Waals surface area contributed by atoms with Crippen molar-refractivity contribution in [3.05, 3.63) is 18.3 Å². The van der Waals surface area contributed by atoms with Gasteiger partial charge in [-0.05, 0) is 12.1 Å². The number of rotatable bonds is 8. The molecule has 0 aliphatic carbocycles. The second-order valence-corrected chi connectivity index (χ2v) is 7.37. The van der Waals surface area contributed by atoms with Crippen molar-refractivity contribution in [2.24, 2.45) is 5.84 Å². The monoisotopic (exact) mass is 323 g/mol. The van der Waals surface area contributed by atoms with Crippen LogP contribution in [0.4, 0.5) is 5.82 Å². The molecule has 0 atom stereocenters. The fourth-order valence-electron chi connectivity index (χ4n) is 1.40. The molecule has 0 aromatic carbocycles. The lowest BCUT2D eigenvalue weighted by Gasteiger charge is -2.10. The topological polar surface area (TPSA) is 143 Å². The van der Waals surface area contributed by atoms with Crippen LogP contribution in [0, 0.1) is 0 Å². The van der Waals surface area contributed by atoms with Gasteiger partial charge in [-0.2, -0.15) is 0 Å². The number of hydrogen-bond donors (Lipinski definition) is 4. The zero-order chi connectivity index (χ0) is 15.2. The maximum absolute atomic E-state index is 12.0. The molecular weight excluding hydrogens is 306 g/mol. The van der Waals surface area contributed by atoms with Crippen molar-refractivity contribution in [1.29, 1.82) is 0 Å². The number of hydrazine groups is 1. The molecule has 0 bridgehead atoms. The minimum atomic E-state index is -3.89. The van der Waals surface area contributed by atoms with Gasteiger partial charge in [0.15, 0.2) is 5.82 Å². The zero-order valence-electron chi connectivity index (χ0n) is 10.8. The number of nitrogens with one attached hydrogen (secondary N) is 3. The molecule has 0 aliphatic heterocycles. The summed E-state index contributed by atoms with van der Waals surface area (Å²) in [5.74, 6) is 4.80. The molecular formula is C9H17N5O4S2. The van der Waals surface area contributed by atoms with Gasteiger partial charge in [-0.3, -0.25) is 0 Å². The van der Waals surface area contributed by atoms with Gasteiger partial charge >= 0.3 is 0 Å². The van der Waals surface area contributed by atoms with Crippen molar-refractivity contribution in [3.8, 4) is 0 Å². The van der Waals surface area contributed by atoms with Crippen LogP contribution in [0.1, 0.15) is 6.92 Å². The molecule has 0 saturated heterocycles. The second kappa shape index (κ2) is 6.95. The maximum Gasteiger partial charge on any atom is 0.244 e. The van der Waals surface area contributed by atoms with E-state index in [4.69, 9.17) is 5.84 Å². The first kappa shape index (κ1) is 16.8. The molecule has 11 heteroatoms. The molecule has 0 amide bonds. The van der Waals surface area contributed by atoms with Crippen LogP contribution in [0.2, 0.25) is 0 Å². The Hall–Kier alpha value is -1.27. The quantitative estimate of drug-likeness (QED) is 0.340. The van der Waals surface area contributed by atoms with Gasteiger partial charge in [-0.1, -0.05) is 6.92 Å². The van der Waals surface area contributed by atoms with Gasteiger partial charge in [0.05, 0.1) is 5.75 Å². The zero-order valence-corrected chi connectivity index (χ0v) is 12.5. The van der Waals surface area contributed by atoms with Gasteiger partial charge in [0.25, 0.3) is 0 Å². The van der Waals surface area contributed by atoms with Crippen molar-refractivity contribution >= 4 is 25.9 Å². The molecule has 0 unspecified atom stereocenters. The number of nitrogen functional groups attached to an aromatic ring is 1. The van der Waals surface area contributed by atoms with E-state index in [2.05, 4.69) is 19.9 Å². The van der Waals surface area contributed by atoms with Crippen LogP contribution >= 0.6 is 0 Å². The van der Waals surface area contributed by atoms with Gasteiger partial charge in [0.2, 0.25) is 20.0 Å². The average molecular weight is 323 g/mol. The summed E-state index contributed by atoms with van der Waals surface area (Å²) in [6.07, 6.45) is 1.38. The first-order valence-electron chi connectivity index (χ1n) is 5.71. The normalized spacial score (nSPS) is 12.3. The van der Waals surface area contributed by atoms with Crippen molar-refractivity contribution in [3.63, 3.8) is 0 Å². The molecule has 0 fully saturated rings. The Morgan fingerprint density at radius 2 is 1.95 bits per heavy atom. The summed E-state index contributed by atoms with van der Waals surface area (Å²) in [7, 11) is -7.37. The van der Waals surface area contributed by atoms with E-state index in [0.29, 0.717) is 0 Å². The number of sulfonamides is 2. The molecule has 0 spiro atoms. The lowest BCUT2D eigenvalue weighted by atomic mass is 10.5. The van der Waals surface area contributed by atoms with Gasteiger partial charge in [0, 0.05) is 19.3 Å². The summed E-state index contributed by atoms with van der Waals surface area (Å²) >= 11 is 0. The number of hydrogen-bond acceptors (Lipinski definition) is 7. The van der Waals surface area contributed by atoms with E-state index < -0.39 is 20.0 Å². The van der Waals surface area contributed by atoms with Crippen molar-refractivity contribution in [1.82, 2.24) is 14.4 Å². The van der Waals surface area contributed by atoms with Crippen molar-refractivity contribution in [2.45, 2.75) is 11.8 Å².